The van der Waals surface area contributed by atoms with Crippen molar-refractivity contribution in [3.63, 3.8) is 0 Å². The molecular weight excluding hydrogens is 292 g/mol. The quantitative estimate of drug-likeness (QED) is 0.881. The van der Waals surface area contributed by atoms with E-state index in [-0.39, 0.29) is 10.9 Å². The molecule has 2 rings (SSSR count). The smallest absolute Gasteiger partial charge is 0.246 e. The Hall–Kier alpha value is -1.31. The number of methoxy groups -OCH3 is 2. The molecule has 0 bridgehead atoms. The number of benzene rings is 1. The van der Waals surface area contributed by atoms with Crippen molar-refractivity contribution >= 4 is 10.0 Å². The third-order valence-electron chi connectivity index (χ3n) is 3.81. The highest BCUT2D eigenvalue weighted by Crippen LogP contribution is 2.31. The van der Waals surface area contributed by atoms with Crippen molar-refractivity contribution in [3.8, 4) is 11.5 Å². The van der Waals surface area contributed by atoms with Crippen LogP contribution in [0.15, 0.2) is 23.1 Å². The lowest BCUT2D eigenvalue weighted by Gasteiger charge is -2.31. The molecule has 7 heteroatoms. The summed E-state index contributed by atoms with van der Waals surface area (Å²) in [6, 6.07) is 4.75. The highest BCUT2D eigenvalue weighted by atomic mass is 32.2. The fourth-order valence-corrected chi connectivity index (χ4v) is 4.03. The van der Waals surface area contributed by atoms with E-state index in [2.05, 4.69) is 5.32 Å². The molecule has 1 unspecified atom stereocenters. The van der Waals surface area contributed by atoms with E-state index in [1.165, 1.54) is 24.6 Å². The van der Waals surface area contributed by atoms with E-state index in [0.717, 1.165) is 19.4 Å². The van der Waals surface area contributed by atoms with Crippen molar-refractivity contribution in [1.29, 1.82) is 0 Å². The Bertz CT molecular complexity index is 583. The molecule has 0 saturated carbocycles. The topological polar surface area (TPSA) is 67.9 Å². The largest absolute Gasteiger partial charge is 0.497 e. The second-order valence-corrected chi connectivity index (χ2v) is 7.00. The Balaban J connectivity index is 2.37. The van der Waals surface area contributed by atoms with Crippen molar-refractivity contribution in [3.05, 3.63) is 18.2 Å². The van der Waals surface area contributed by atoms with Crippen LogP contribution in [0.4, 0.5) is 0 Å². The Kier molecular flexibility index (Phi) is 5.08. The summed E-state index contributed by atoms with van der Waals surface area (Å²) in [5.41, 5.74) is 0. The predicted molar refractivity (Wildman–Crippen MR) is 80.4 cm³/mol. The molecule has 0 aliphatic carbocycles. The molecule has 1 N–H and O–H groups in total. The van der Waals surface area contributed by atoms with Crippen LogP contribution >= 0.6 is 0 Å². The number of rotatable bonds is 5. The molecule has 1 aromatic carbocycles. The molecule has 0 aromatic heterocycles. The normalized spacial score (nSPS) is 19.5. The van der Waals surface area contributed by atoms with Crippen LogP contribution < -0.4 is 14.8 Å². The van der Waals surface area contributed by atoms with E-state index in [9.17, 15) is 8.42 Å². The zero-order valence-corrected chi connectivity index (χ0v) is 13.4. The van der Waals surface area contributed by atoms with Crippen molar-refractivity contribution in [2.24, 2.45) is 0 Å². The first kappa shape index (κ1) is 16.1. The lowest BCUT2D eigenvalue weighted by atomic mass is 10.1. The lowest BCUT2D eigenvalue weighted by molar-refractivity contribution is 0.298. The molecule has 0 spiro atoms. The molecule has 1 saturated heterocycles. The molecule has 6 nitrogen and oxygen atoms in total. The first-order chi connectivity index (χ1) is 10.0. The van der Waals surface area contributed by atoms with Gasteiger partial charge in [-0.2, -0.15) is 4.31 Å². The average molecular weight is 314 g/mol. The summed E-state index contributed by atoms with van der Waals surface area (Å²) in [7, 11) is 0.960. The maximum Gasteiger partial charge on any atom is 0.246 e. The molecule has 118 valence electrons. The van der Waals surface area contributed by atoms with Crippen molar-refractivity contribution in [2.45, 2.75) is 23.8 Å². The molecular formula is C14H22N2O4S. The van der Waals surface area contributed by atoms with Gasteiger partial charge in [-0.3, -0.25) is 0 Å². The van der Waals surface area contributed by atoms with E-state index in [1.54, 1.807) is 19.2 Å². The maximum absolute atomic E-state index is 12.8. The van der Waals surface area contributed by atoms with Crippen LogP contribution in [0.25, 0.3) is 0 Å². The van der Waals surface area contributed by atoms with E-state index in [4.69, 9.17) is 9.47 Å². The Labute approximate surface area is 126 Å². The maximum atomic E-state index is 12.8. The second kappa shape index (κ2) is 6.64. The van der Waals surface area contributed by atoms with Gasteiger partial charge < -0.3 is 14.8 Å². The molecule has 1 fully saturated rings. The lowest BCUT2D eigenvalue weighted by Crippen LogP contribution is -2.46. The number of ether oxygens (including phenoxy) is 2. The summed E-state index contributed by atoms with van der Waals surface area (Å²) in [4.78, 5) is 0.137. The van der Waals surface area contributed by atoms with Crippen molar-refractivity contribution in [2.75, 3.05) is 34.4 Å². The third kappa shape index (κ3) is 3.30. The van der Waals surface area contributed by atoms with Crippen LogP contribution in [-0.2, 0) is 10.0 Å². The average Bonchev–Trinajstić information content (AvgIpc) is 2.54. The molecule has 1 atom stereocenters. The number of likely N-dealkylation sites (N-methyl/N-ethyl adjacent to an activating group) is 1. The zero-order chi connectivity index (χ0) is 15.5. The monoisotopic (exact) mass is 314 g/mol. The molecule has 1 aliphatic heterocycles. The second-order valence-electron chi connectivity index (χ2n) is 5.04. The van der Waals surface area contributed by atoms with E-state index < -0.39 is 10.0 Å². The van der Waals surface area contributed by atoms with Gasteiger partial charge in [-0.15, -0.1) is 0 Å². The summed E-state index contributed by atoms with van der Waals surface area (Å²) in [5.74, 6) is 0.816. The minimum Gasteiger partial charge on any atom is -0.497 e. The highest BCUT2D eigenvalue weighted by molar-refractivity contribution is 7.89. The van der Waals surface area contributed by atoms with E-state index >= 15 is 0 Å². The fraction of sp³-hybridized carbons (Fsp3) is 0.571. The highest BCUT2D eigenvalue weighted by Gasteiger charge is 2.31. The molecule has 1 aliphatic rings. The van der Waals surface area contributed by atoms with Crippen LogP contribution in [0.2, 0.25) is 0 Å². The van der Waals surface area contributed by atoms with Crippen molar-refractivity contribution < 1.29 is 17.9 Å². The molecule has 21 heavy (non-hydrogen) atoms. The standard InChI is InChI=1S/C14H22N2O4S/c1-16(11-5-4-8-15-10-11)21(17,18)14-9-12(19-2)6-7-13(14)20-3/h6-7,9,11,15H,4-5,8,10H2,1-3H3. The summed E-state index contributed by atoms with van der Waals surface area (Å²) in [5, 5.41) is 3.23. The summed E-state index contributed by atoms with van der Waals surface area (Å²) < 4.78 is 37.4. The van der Waals surface area contributed by atoms with Gasteiger partial charge in [-0.25, -0.2) is 8.42 Å². The Morgan fingerprint density at radius 3 is 2.62 bits per heavy atom. The van der Waals surface area contributed by atoms with Gasteiger partial charge in [0.15, 0.2) is 0 Å². The van der Waals surface area contributed by atoms with Crippen LogP contribution in [0.3, 0.4) is 0 Å². The minimum absolute atomic E-state index is 0.0420. The van der Waals surface area contributed by atoms with Gasteiger partial charge in [-0.1, -0.05) is 0 Å². The van der Waals surface area contributed by atoms with E-state index in [1.807, 2.05) is 0 Å². The number of piperidine rings is 1. The number of nitrogens with one attached hydrogen (secondary N) is 1. The number of sulfonamides is 1. The van der Waals surface area contributed by atoms with Gasteiger partial charge in [0.25, 0.3) is 0 Å². The van der Waals surface area contributed by atoms with Gasteiger partial charge in [0.2, 0.25) is 10.0 Å². The number of hydrogen-bond donors (Lipinski definition) is 1. The van der Waals surface area contributed by atoms with Gasteiger partial charge in [0, 0.05) is 25.7 Å². The SMILES string of the molecule is COc1ccc(OC)c(S(=O)(=O)N(C)C2CCCNC2)c1. The van der Waals surface area contributed by atoms with Gasteiger partial charge in [-0.05, 0) is 31.5 Å². The predicted octanol–water partition coefficient (Wildman–Crippen LogP) is 1.08. The van der Waals surface area contributed by atoms with Crippen LogP contribution in [0.5, 0.6) is 11.5 Å². The number of hydrogen-bond acceptors (Lipinski definition) is 5. The van der Waals surface area contributed by atoms with Crippen LogP contribution in [0.1, 0.15) is 12.8 Å². The molecule has 0 radical (unpaired) electrons. The number of nitrogens with zero attached hydrogens (tertiary/aromatic N) is 1. The van der Waals surface area contributed by atoms with Crippen LogP contribution in [-0.4, -0.2) is 53.1 Å². The zero-order valence-electron chi connectivity index (χ0n) is 12.6. The van der Waals surface area contributed by atoms with Gasteiger partial charge in [0.05, 0.1) is 14.2 Å². The van der Waals surface area contributed by atoms with E-state index in [0.29, 0.717) is 18.0 Å². The first-order valence-corrected chi connectivity index (χ1v) is 8.35. The molecule has 1 aromatic rings. The van der Waals surface area contributed by atoms with Gasteiger partial charge in [0.1, 0.15) is 16.4 Å². The summed E-state index contributed by atoms with van der Waals surface area (Å²) >= 11 is 0. The minimum atomic E-state index is -3.63. The summed E-state index contributed by atoms with van der Waals surface area (Å²) in [6.07, 6.45) is 1.83. The Morgan fingerprint density at radius 2 is 2.05 bits per heavy atom. The van der Waals surface area contributed by atoms with Crippen molar-refractivity contribution in [1.82, 2.24) is 9.62 Å². The Morgan fingerprint density at radius 1 is 1.29 bits per heavy atom. The summed E-state index contributed by atoms with van der Waals surface area (Å²) in [6.45, 7) is 1.61. The van der Waals surface area contributed by atoms with Gasteiger partial charge >= 0.3 is 0 Å². The molecule has 0 amide bonds. The van der Waals surface area contributed by atoms with Crippen LogP contribution in [0, 0.1) is 0 Å². The first-order valence-electron chi connectivity index (χ1n) is 6.91. The third-order valence-corrected chi connectivity index (χ3v) is 5.74. The fourth-order valence-electron chi connectivity index (χ4n) is 2.48. The molecule has 1 heterocycles.